The Morgan fingerprint density at radius 3 is 2.55 bits per heavy atom. The van der Waals surface area contributed by atoms with Crippen LogP contribution >= 0.6 is 15.9 Å². The highest BCUT2D eigenvalue weighted by Crippen LogP contribution is 2.30. The van der Waals surface area contributed by atoms with Crippen molar-refractivity contribution in [1.82, 2.24) is 4.98 Å². The summed E-state index contributed by atoms with van der Waals surface area (Å²) in [5, 5.41) is 13.6. The maximum atomic E-state index is 13.0. The normalized spacial score (nSPS) is 10.3. The van der Waals surface area contributed by atoms with Crippen LogP contribution in [0.1, 0.15) is 5.56 Å². The van der Waals surface area contributed by atoms with E-state index in [1.165, 1.54) is 12.3 Å². The highest BCUT2D eigenvalue weighted by molar-refractivity contribution is 9.10. The zero-order valence-corrected chi connectivity index (χ0v) is 11.5. The smallest absolute Gasteiger partial charge is 0.325 e. The summed E-state index contributed by atoms with van der Waals surface area (Å²) in [6.45, 7) is 0.0129. The van der Waals surface area contributed by atoms with E-state index < -0.39 is 16.6 Å². The molecule has 0 aliphatic carbocycles. The Morgan fingerprint density at radius 1 is 1.30 bits per heavy atom. The fourth-order valence-electron chi connectivity index (χ4n) is 1.63. The van der Waals surface area contributed by atoms with E-state index in [2.05, 4.69) is 26.2 Å². The molecule has 0 unspecified atom stereocenters. The number of rotatable bonds is 4. The minimum Gasteiger partial charge on any atom is -0.360 e. The molecule has 2 rings (SSSR count). The van der Waals surface area contributed by atoms with Gasteiger partial charge in [0.15, 0.2) is 0 Å². The minimum atomic E-state index is -0.710. The minimum absolute atomic E-state index is 0.0129. The Bertz CT molecular complexity index is 647. The van der Waals surface area contributed by atoms with E-state index in [9.17, 15) is 18.9 Å². The van der Waals surface area contributed by atoms with Crippen molar-refractivity contribution in [1.29, 1.82) is 0 Å². The highest BCUT2D eigenvalue weighted by atomic mass is 79.9. The van der Waals surface area contributed by atoms with Crippen molar-refractivity contribution in [2.45, 2.75) is 6.54 Å². The van der Waals surface area contributed by atoms with Crippen molar-refractivity contribution in [3.05, 3.63) is 62.2 Å². The van der Waals surface area contributed by atoms with Gasteiger partial charge in [0.25, 0.3) is 0 Å². The van der Waals surface area contributed by atoms with E-state index in [1.807, 2.05) is 0 Å². The lowest BCUT2D eigenvalue weighted by molar-refractivity contribution is -0.385. The molecule has 20 heavy (non-hydrogen) atoms. The maximum Gasteiger partial charge on any atom is 0.325 e. The van der Waals surface area contributed by atoms with E-state index in [-0.39, 0.29) is 22.5 Å². The fourth-order valence-corrected chi connectivity index (χ4v) is 2.08. The highest BCUT2D eigenvalue weighted by Gasteiger charge is 2.19. The van der Waals surface area contributed by atoms with Crippen molar-refractivity contribution in [3.63, 3.8) is 0 Å². The molecular formula is C12H8BrF2N3O2. The number of nitro groups is 1. The summed E-state index contributed by atoms with van der Waals surface area (Å²) >= 11 is 3.06. The van der Waals surface area contributed by atoms with Crippen LogP contribution in [0, 0.1) is 21.7 Å². The predicted octanol–water partition coefficient (Wildman–Crippen LogP) is 3.64. The molecule has 0 amide bonds. The van der Waals surface area contributed by atoms with Gasteiger partial charge in [-0.15, -0.1) is 0 Å². The molecule has 0 atom stereocenters. The van der Waals surface area contributed by atoms with Gasteiger partial charge in [-0.2, -0.15) is 0 Å². The average Bonchev–Trinajstić information content (AvgIpc) is 2.34. The number of hydrogen-bond donors (Lipinski definition) is 1. The summed E-state index contributed by atoms with van der Waals surface area (Å²) in [5.41, 5.74) is 0.0861. The number of hydrogen-bond acceptors (Lipinski definition) is 4. The monoisotopic (exact) mass is 343 g/mol. The Hall–Kier alpha value is -2.09. The molecule has 8 heteroatoms. The van der Waals surface area contributed by atoms with E-state index in [0.29, 0.717) is 5.56 Å². The van der Waals surface area contributed by atoms with Crippen LogP contribution in [0.15, 0.2) is 34.9 Å². The van der Waals surface area contributed by atoms with Gasteiger partial charge in [0.2, 0.25) is 5.82 Å². The van der Waals surface area contributed by atoms with Crippen molar-refractivity contribution in [2.24, 2.45) is 0 Å². The Kier molecular flexibility index (Phi) is 4.23. The molecule has 1 aromatic carbocycles. The molecule has 104 valence electrons. The molecule has 0 saturated heterocycles. The molecule has 0 radical (unpaired) electrons. The number of aromatic nitrogens is 1. The van der Waals surface area contributed by atoms with Gasteiger partial charge in [-0.25, -0.2) is 13.8 Å². The van der Waals surface area contributed by atoms with E-state index in [1.54, 1.807) is 0 Å². The van der Waals surface area contributed by atoms with Crippen molar-refractivity contribution in [2.75, 3.05) is 5.32 Å². The quantitative estimate of drug-likeness (QED) is 0.679. The molecule has 0 fully saturated rings. The lowest BCUT2D eigenvalue weighted by atomic mass is 10.2. The zero-order chi connectivity index (χ0) is 14.7. The lowest BCUT2D eigenvalue weighted by Gasteiger charge is -2.07. The van der Waals surface area contributed by atoms with Crippen LogP contribution in [0.25, 0.3) is 0 Å². The fraction of sp³-hybridized carbons (Fsp3) is 0.0833. The second-order valence-electron chi connectivity index (χ2n) is 3.88. The first-order chi connectivity index (χ1) is 9.47. The molecule has 1 aromatic heterocycles. The third kappa shape index (κ3) is 3.27. The van der Waals surface area contributed by atoms with Crippen LogP contribution in [0.3, 0.4) is 0 Å². The Balaban J connectivity index is 2.23. The molecule has 1 N–H and O–H groups in total. The first-order valence-electron chi connectivity index (χ1n) is 5.45. The maximum absolute atomic E-state index is 13.0. The third-order valence-corrected chi connectivity index (χ3v) is 3.08. The first kappa shape index (κ1) is 14.3. The predicted molar refractivity (Wildman–Crippen MR) is 72.3 cm³/mol. The molecular weight excluding hydrogens is 336 g/mol. The second kappa shape index (κ2) is 5.91. The first-order valence-corrected chi connectivity index (χ1v) is 6.24. The number of nitrogens with one attached hydrogen (secondary N) is 1. The van der Waals surface area contributed by atoms with Crippen LogP contribution in [0.4, 0.5) is 20.3 Å². The van der Waals surface area contributed by atoms with E-state index >= 15 is 0 Å². The van der Waals surface area contributed by atoms with Crippen LogP contribution in [-0.4, -0.2) is 9.91 Å². The summed E-state index contributed by atoms with van der Waals surface area (Å²) in [5.74, 6) is -1.40. The molecule has 0 saturated carbocycles. The van der Waals surface area contributed by atoms with Gasteiger partial charge >= 0.3 is 5.69 Å². The summed E-state index contributed by atoms with van der Waals surface area (Å²) in [6, 6.07) is 4.47. The van der Waals surface area contributed by atoms with Gasteiger partial charge in [-0.1, -0.05) is 0 Å². The van der Waals surface area contributed by atoms with E-state index in [0.717, 1.165) is 18.2 Å². The molecule has 0 spiro atoms. The Morgan fingerprint density at radius 2 is 1.95 bits per heavy atom. The van der Waals surface area contributed by atoms with Crippen molar-refractivity contribution < 1.29 is 13.7 Å². The van der Waals surface area contributed by atoms with Crippen LogP contribution in [0.5, 0.6) is 0 Å². The van der Waals surface area contributed by atoms with Gasteiger partial charge in [0.1, 0.15) is 16.1 Å². The van der Waals surface area contributed by atoms with Gasteiger partial charge in [-0.3, -0.25) is 10.1 Å². The van der Waals surface area contributed by atoms with Gasteiger partial charge in [-0.05, 0) is 39.7 Å². The number of anilines is 1. The van der Waals surface area contributed by atoms with Crippen LogP contribution in [0.2, 0.25) is 0 Å². The zero-order valence-electron chi connectivity index (χ0n) is 9.94. The molecule has 2 aromatic rings. The lowest BCUT2D eigenvalue weighted by Crippen LogP contribution is -2.05. The molecule has 0 bridgehead atoms. The number of halogens is 3. The molecule has 5 nitrogen and oxygen atoms in total. The summed E-state index contributed by atoms with van der Waals surface area (Å²) in [6.07, 6.45) is 1.38. The Labute approximate surface area is 120 Å². The topological polar surface area (TPSA) is 68.1 Å². The van der Waals surface area contributed by atoms with E-state index in [4.69, 9.17) is 0 Å². The van der Waals surface area contributed by atoms with Crippen molar-refractivity contribution in [3.8, 4) is 0 Å². The molecule has 0 aliphatic heterocycles. The largest absolute Gasteiger partial charge is 0.360 e. The summed E-state index contributed by atoms with van der Waals surface area (Å²) < 4.78 is 26.3. The third-order valence-electron chi connectivity index (χ3n) is 2.44. The number of pyridine rings is 1. The van der Waals surface area contributed by atoms with Gasteiger partial charge in [0, 0.05) is 18.8 Å². The van der Waals surface area contributed by atoms with Crippen LogP contribution in [-0.2, 0) is 6.54 Å². The summed E-state index contributed by atoms with van der Waals surface area (Å²) in [4.78, 5) is 14.2. The van der Waals surface area contributed by atoms with Gasteiger partial charge < -0.3 is 5.32 Å². The SMILES string of the molecule is O=[N+]([O-])c1c(Br)ccnc1NCc1cc(F)cc(F)c1. The number of benzene rings is 1. The molecule has 0 aliphatic rings. The van der Waals surface area contributed by atoms with Crippen LogP contribution < -0.4 is 5.32 Å². The number of nitrogens with zero attached hydrogens (tertiary/aromatic N) is 2. The second-order valence-corrected chi connectivity index (χ2v) is 4.73. The average molecular weight is 344 g/mol. The summed E-state index contributed by atoms with van der Waals surface area (Å²) in [7, 11) is 0. The van der Waals surface area contributed by atoms with Gasteiger partial charge in [0.05, 0.1) is 4.92 Å². The standard InChI is InChI=1S/C12H8BrF2N3O2/c13-10-1-2-16-12(11(10)18(19)20)17-6-7-3-8(14)5-9(15)4-7/h1-5H,6H2,(H,16,17). The molecule has 1 heterocycles. The van der Waals surface area contributed by atoms with Crippen molar-refractivity contribution >= 4 is 27.4 Å².